The van der Waals surface area contributed by atoms with Gasteiger partial charge in [-0.25, -0.2) is 0 Å². The molecule has 1 aromatic carbocycles. The number of pyridine rings is 1. The highest BCUT2D eigenvalue weighted by Crippen LogP contribution is 2.29. The van der Waals surface area contributed by atoms with Crippen molar-refractivity contribution in [1.29, 1.82) is 0 Å². The zero-order chi connectivity index (χ0) is 26.8. The van der Waals surface area contributed by atoms with E-state index in [9.17, 15) is 14.8 Å². The lowest BCUT2D eigenvalue weighted by Crippen LogP contribution is -2.49. The molecule has 1 fully saturated rings. The van der Waals surface area contributed by atoms with Gasteiger partial charge in [-0.15, -0.1) is 0 Å². The van der Waals surface area contributed by atoms with Crippen molar-refractivity contribution in [3.8, 4) is 11.1 Å². The van der Waals surface area contributed by atoms with Gasteiger partial charge in [0.15, 0.2) is 11.9 Å². The van der Waals surface area contributed by atoms with Crippen molar-refractivity contribution in [3.63, 3.8) is 0 Å². The lowest BCUT2D eigenvalue weighted by atomic mass is 9.83. The maximum absolute atomic E-state index is 13.6. The van der Waals surface area contributed by atoms with Gasteiger partial charge >= 0.3 is 0 Å². The number of likely N-dealkylation sites (N-methyl/N-ethyl adjacent to an activating group) is 1. The Bertz CT molecular complexity index is 1320. The van der Waals surface area contributed by atoms with Gasteiger partial charge in [0.2, 0.25) is 5.91 Å². The van der Waals surface area contributed by atoms with E-state index in [0.717, 1.165) is 72.4 Å². The molecule has 2 aromatic heterocycles. The van der Waals surface area contributed by atoms with Crippen LogP contribution in [0.25, 0.3) is 11.1 Å². The molecule has 1 saturated carbocycles. The van der Waals surface area contributed by atoms with Gasteiger partial charge in [0.05, 0.1) is 5.56 Å². The van der Waals surface area contributed by atoms with E-state index in [1.807, 2.05) is 56.3 Å². The van der Waals surface area contributed by atoms with Gasteiger partial charge in [-0.1, -0.05) is 31.4 Å². The highest BCUT2D eigenvalue weighted by molar-refractivity contribution is 6.01. The molecular formula is C30H37N5O3. The van der Waals surface area contributed by atoms with Crippen molar-refractivity contribution in [2.45, 2.75) is 65.1 Å². The molecule has 0 bridgehead atoms. The minimum absolute atomic E-state index is 0.107. The van der Waals surface area contributed by atoms with Crippen molar-refractivity contribution in [3.05, 3.63) is 76.5 Å². The summed E-state index contributed by atoms with van der Waals surface area (Å²) in [5, 5.41) is 18.2. The standard InChI is InChI=1S/C30H37N5O3/c1-20-15-16-35(38)21(2)27(20)22-9-11-24(12-10-22)31-30(37)28(23-7-5-4-6-8-23)32-29(36)26-14-13-25-19-33(3)17-18-34(25)26/h9-16,23,28H,4-8,17-19H2,1-3H3,(H,31,37)(H,32,36)/t28-/m0/s1. The number of hydrogen-bond donors (Lipinski definition) is 2. The second-order valence-corrected chi connectivity index (χ2v) is 10.8. The molecule has 2 amide bonds. The molecular weight excluding hydrogens is 478 g/mol. The van der Waals surface area contributed by atoms with Gasteiger partial charge in [0.25, 0.3) is 5.91 Å². The van der Waals surface area contributed by atoms with E-state index < -0.39 is 6.04 Å². The van der Waals surface area contributed by atoms with Crippen molar-refractivity contribution >= 4 is 17.5 Å². The van der Waals surface area contributed by atoms with Crippen molar-refractivity contribution in [2.24, 2.45) is 5.92 Å². The number of nitrogens with zero attached hydrogens (tertiary/aromatic N) is 3. The molecule has 2 aliphatic rings. The van der Waals surface area contributed by atoms with E-state index >= 15 is 0 Å². The van der Waals surface area contributed by atoms with E-state index in [1.54, 1.807) is 0 Å². The number of aryl methyl sites for hydroxylation is 1. The van der Waals surface area contributed by atoms with Crippen LogP contribution in [0, 0.1) is 25.0 Å². The average molecular weight is 516 g/mol. The Hall–Kier alpha value is -3.65. The smallest absolute Gasteiger partial charge is 0.268 e. The summed E-state index contributed by atoms with van der Waals surface area (Å²) in [6, 6.07) is 12.6. The first-order chi connectivity index (χ1) is 18.3. The third-order valence-corrected chi connectivity index (χ3v) is 8.12. The maximum atomic E-state index is 13.6. The minimum Gasteiger partial charge on any atom is -0.618 e. The predicted octanol–water partition coefficient (Wildman–Crippen LogP) is 4.17. The zero-order valence-corrected chi connectivity index (χ0v) is 22.5. The molecule has 1 aliphatic heterocycles. The van der Waals surface area contributed by atoms with Crippen LogP contribution < -0.4 is 15.4 Å². The van der Waals surface area contributed by atoms with E-state index in [0.29, 0.717) is 17.1 Å². The molecule has 0 spiro atoms. The molecule has 1 aliphatic carbocycles. The van der Waals surface area contributed by atoms with E-state index in [1.165, 1.54) is 12.6 Å². The summed E-state index contributed by atoms with van der Waals surface area (Å²) in [6.45, 7) is 6.26. The Balaban J connectivity index is 1.34. The van der Waals surface area contributed by atoms with Crippen molar-refractivity contribution in [2.75, 3.05) is 18.9 Å². The largest absolute Gasteiger partial charge is 0.618 e. The average Bonchev–Trinajstić information content (AvgIpc) is 3.34. The van der Waals surface area contributed by atoms with Gasteiger partial charge in [-0.2, -0.15) is 4.73 Å². The van der Waals surface area contributed by atoms with Gasteiger partial charge < -0.3 is 20.4 Å². The lowest BCUT2D eigenvalue weighted by molar-refractivity contribution is -0.611. The summed E-state index contributed by atoms with van der Waals surface area (Å²) in [5.41, 5.74) is 5.88. The fourth-order valence-corrected chi connectivity index (χ4v) is 5.96. The molecule has 5 rings (SSSR count). The van der Waals surface area contributed by atoms with Crippen LogP contribution in [0.3, 0.4) is 0 Å². The van der Waals surface area contributed by atoms with E-state index in [2.05, 4.69) is 27.1 Å². The lowest BCUT2D eigenvalue weighted by Gasteiger charge is -2.31. The third kappa shape index (κ3) is 5.31. The SMILES string of the molecule is Cc1cc[n+]([O-])c(C)c1-c1ccc(NC(=O)[C@@H](NC(=O)c2ccc3n2CCN(C)C3)C2CCCCC2)cc1. The fraction of sp³-hybridized carbons (Fsp3) is 0.433. The molecule has 8 heteroatoms. The van der Waals surface area contributed by atoms with Gasteiger partial charge in [0, 0.05) is 44.0 Å². The third-order valence-electron chi connectivity index (χ3n) is 8.12. The van der Waals surface area contributed by atoms with Crippen LogP contribution in [0.4, 0.5) is 5.69 Å². The molecule has 200 valence electrons. The van der Waals surface area contributed by atoms with E-state index in [-0.39, 0.29) is 17.7 Å². The minimum atomic E-state index is -0.599. The van der Waals surface area contributed by atoms with Crippen molar-refractivity contribution in [1.82, 2.24) is 14.8 Å². The number of carbonyl (C=O) groups excluding carboxylic acids is 2. The number of hydrogen-bond acceptors (Lipinski definition) is 4. The van der Waals surface area contributed by atoms with Crippen LogP contribution in [0.5, 0.6) is 0 Å². The molecule has 0 radical (unpaired) electrons. The molecule has 1 atom stereocenters. The van der Waals surface area contributed by atoms with Crippen LogP contribution in [0.15, 0.2) is 48.7 Å². The molecule has 2 N–H and O–H groups in total. The topological polar surface area (TPSA) is 93.3 Å². The van der Waals surface area contributed by atoms with Crippen LogP contribution in [0.1, 0.15) is 59.5 Å². The number of benzene rings is 1. The molecule has 38 heavy (non-hydrogen) atoms. The van der Waals surface area contributed by atoms with Crippen LogP contribution >= 0.6 is 0 Å². The second-order valence-electron chi connectivity index (χ2n) is 10.8. The van der Waals surface area contributed by atoms with E-state index in [4.69, 9.17) is 0 Å². The van der Waals surface area contributed by atoms with Gasteiger partial charge in [0.1, 0.15) is 11.7 Å². The summed E-state index contributed by atoms with van der Waals surface area (Å²) in [6.07, 6.45) is 6.68. The van der Waals surface area contributed by atoms with Crippen molar-refractivity contribution < 1.29 is 14.3 Å². The fourth-order valence-electron chi connectivity index (χ4n) is 5.96. The molecule has 3 aromatic rings. The Morgan fingerprint density at radius 2 is 1.74 bits per heavy atom. The monoisotopic (exact) mass is 515 g/mol. The Morgan fingerprint density at radius 1 is 1.00 bits per heavy atom. The summed E-state index contributed by atoms with van der Waals surface area (Å²) in [5.74, 6) is -0.272. The Labute approximate surface area is 224 Å². The summed E-state index contributed by atoms with van der Waals surface area (Å²) < 4.78 is 2.94. The molecule has 3 heterocycles. The number of aromatic nitrogens is 2. The number of amides is 2. The van der Waals surface area contributed by atoms with Gasteiger partial charge in [-0.05, 0) is 68.1 Å². The summed E-state index contributed by atoms with van der Waals surface area (Å²) in [7, 11) is 2.08. The summed E-state index contributed by atoms with van der Waals surface area (Å²) in [4.78, 5) is 29.2. The number of carbonyl (C=O) groups is 2. The highest BCUT2D eigenvalue weighted by atomic mass is 16.5. The number of rotatable bonds is 6. The quantitative estimate of drug-likeness (QED) is 0.381. The molecule has 8 nitrogen and oxygen atoms in total. The summed E-state index contributed by atoms with van der Waals surface area (Å²) >= 11 is 0. The number of anilines is 1. The Morgan fingerprint density at radius 3 is 2.47 bits per heavy atom. The van der Waals surface area contributed by atoms with Crippen LogP contribution in [-0.2, 0) is 17.9 Å². The maximum Gasteiger partial charge on any atom is 0.268 e. The van der Waals surface area contributed by atoms with Crippen LogP contribution in [0.2, 0.25) is 0 Å². The second kappa shape index (κ2) is 11.0. The normalized spacial score (nSPS) is 17.0. The molecule has 0 saturated heterocycles. The molecule has 0 unspecified atom stereocenters. The number of nitrogens with one attached hydrogen (secondary N) is 2. The first-order valence-corrected chi connectivity index (χ1v) is 13.6. The first-order valence-electron chi connectivity index (χ1n) is 13.6. The Kier molecular flexibility index (Phi) is 7.51. The first kappa shape index (κ1) is 26.0. The highest BCUT2D eigenvalue weighted by Gasteiger charge is 2.32. The van der Waals surface area contributed by atoms with Crippen LogP contribution in [-0.4, -0.2) is 40.9 Å². The predicted molar refractivity (Wildman–Crippen MR) is 148 cm³/mol. The number of fused-ring (bicyclic) bond motifs is 1. The van der Waals surface area contributed by atoms with Gasteiger partial charge in [-0.3, -0.25) is 14.5 Å². The zero-order valence-electron chi connectivity index (χ0n) is 22.5.